The molecule has 0 aromatic heterocycles. The molecule has 0 saturated carbocycles. The van der Waals surface area contributed by atoms with Gasteiger partial charge in [0.05, 0.1) is 6.61 Å². The van der Waals surface area contributed by atoms with Crippen LogP contribution < -0.4 is 10.4 Å². The number of carbonyl (C=O) groups excluding carboxylic acids is 1. The summed E-state index contributed by atoms with van der Waals surface area (Å²) in [7, 11) is -2.41. The van der Waals surface area contributed by atoms with E-state index in [1.54, 1.807) is 0 Å². The van der Waals surface area contributed by atoms with Gasteiger partial charge in [-0.25, -0.2) is 0 Å². The Kier molecular flexibility index (Phi) is 4.57. The summed E-state index contributed by atoms with van der Waals surface area (Å²) in [4.78, 5) is 13.3. The first-order valence-corrected chi connectivity index (χ1v) is 12.4. The molecule has 1 saturated heterocycles. The fraction of sp³-hybridized carbons (Fsp3) is 0.192. The molecule has 3 heteroatoms. The van der Waals surface area contributed by atoms with Crippen LogP contribution in [0.5, 0.6) is 0 Å². The molecule has 0 amide bonds. The van der Waals surface area contributed by atoms with Gasteiger partial charge in [-0.05, 0) is 33.5 Å². The summed E-state index contributed by atoms with van der Waals surface area (Å²) in [6.45, 7) is 2.64. The molecule has 2 nitrogen and oxygen atoms in total. The van der Waals surface area contributed by atoms with Gasteiger partial charge >= 0.3 is 0 Å². The van der Waals surface area contributed by atoms with Crippen molar-refractivity contribution in [3.63, 3.8) is 0 Å². The standard InChI is InChI=1S/C26H24O2Si/c1-19-24-18-29(21-13-7-3-8-14-21,22-15-9-4-10-16-22)28-17-23(24)25(26(19)27)20-11-5-2-6-12-20/h2-16,19,24H,17-18H2,1H3/t19-,24-/m0/s1. The summed E-state index contributed by atoms with van der Waals surface area (Å²) in [5.74, 6) is 0.521. The van der Waals surface area contributed by atoms with Crippen LogP contribution in [-0.2, 0) is 9.22 Å². The molecule has 2 aliphatic rings. The fourth-order valence-corrected chi connectivity index (χ4v) is 9.36. The van der Waals surface area contributed by atoms with E-state index in [-0.39, 0.29) is 17.6 Å². The Bertz CT molecular complexity index is 1020. The summed E-state index contributed by atoms with van der Waals surface area (Å²) < 4.78 is 6.83. The Hall–Kier alpha value is -2.75. The first kappa shape index (κ1) is 18.3. The van der Waals surface area contributed by atoms with Gasteiger partial charge < -0.3 is 4.43 Å². The molecular formula is C26H24O2Si. The molecule has 2 atom stereocenters. The van der Waals surface area contributed by atoms with Gasteiger partial charge in [0, 0.05) is 11.5 Å². The van der Waals surface area contributed by atoms with E-state index in [9.17, 15) is 4.79 Å². The molecule has 5 rings (SSSR count). The van der Waals surface area contributed by atoms with Crippen LogP contribution >= 0.6 is 0 Å². The molecular weight excluding hydrogens is 372 g/mol. The average Bonchev–Trinajstić information content (AvgIpc) is 3.05. The van der Waals surface area contributed by atoms with Crippen molar-refractivity contribution in [3.05, 3.63) is 102 Å². The van der Waals surface area contributed by atoms with Crippen molar-refractivity contribution in [3.8, 4) is 0 Å². The maximum atomic E-state index is 13.3. The largest absolute Gasteiger partial charge is 0.404 e. The first-order valence-electron chi connectivity index (χ1n) is 10.3. The van der Waals surface area contributed by atoms with Crippen LogP contribution in [0, 0.1) is 11.8 Å². The molecule has 3 aromatic rings. The van der Waals surface area contributed by atoms with Crippen LogP contribution in [0.1, 0.15) is 12.5 Å². The van der Waals surface area contributed by atoms with Crippen LogP contribution in [0.4, 0.5) is 0 Å². The number of fused-ring (bicyclic) bond motifs is 1. The highest BCUT2D eigenvalue weighted by Gasteiger charge is 2.51. The zero-order valence-corrected chi connectivity index (χ0v) is 17.5. The molecule has 0 radical (unpaired) electrons. The Morgan fingerprint density at radius 3 is 1.86 bits per heavy atom. The molecule has 29 heavy (non-hydrogen) atoms. The minimum atomic E-state index is -2.41. The quantitative estimate of drug-likeness (QED) is 0.624. The van der Waals surface area contributed by atoms with E-state index < -0.39 is 8.32 Å². The van der Waals surface area contributed by atoms with E-state index in [1.807, 2.05) is 30.3 Å². The monoisotopic (exact) mass is 396 g/mol. The molecule has 1 aliphatic heterocycles. The molecule has 0 spiro atoms. The van der Waals surface area contributed by atoms with Crippen LogP contribution in [0.3, 0.4) is 0 Å². The topological polar surface area (TPSA) is 26.3 Å². The lowest BCUT2D eigenvalue weighted by atomic mass is 9.94. The predicted molar refractivity (Wildman–Crippen MR) is 120 cm³/mol. The van der Waals surface area contributed by atoms with E-state index in [4.69, 9.17) is 4.43 Å². The minimum absolute atomic E-state index is 0.00315. The number of carbonyl (C=O) groups is 1. The molecule has 0 bridgehead atoms. The van der Waals surface area contributed by atoms with Crippen molar-refractivity contribution < 1.29 is 9.22 Å². The Morgan fingerprint density at radius 2 is 1.31 bits per heavy atom. The molecule has 1 aliphatic carbocycles. The number of benzene rings is 3. The highest BCUT2D eigenvalue weighted by molar-refractivity contribution is 6.97. The molecule has 1 fully saturated rings. The van der Waals surface area contributed by atoms with Crippen LogP contribution in [0.2, 0.25) is 6.04 Å². The summed E-state index contributed by atoms with van der Waals surface area (Å²) in [6, 6.07) is 32.3. The normalized spacial score (nSPS) is 23.1. The Balaban J connectivity index is 1.63. The zero-order valence-electron chi connectivity index (χ0n) is 16.5. The highest BCUT2D eigenvalue weighted by atomic mass is 28.4. The lowest BCUT2D eigenvalue weighted by molar-refractivity contribution is -0.116. The van der Waals surface area contributed by atoms with Crippen molar-refractivity contribution in [2.75, 3.05) is 6.61 Å². The van der Waals surface area contributed by atoms with Gasteiger partial charge in [0.1, 0.15) is 0 Å². The van der Waals surface area contributed by atoms with E-state index in [0.29, 0.717) is 6.61 Å². The van der Waals surface area contributed by atoms with Gasteiger partial charge in [-0.2, -0.15) is 0 Å². The van der Waals surface area contributed by atoms with E-state index in [1.165, 1.54) is 15.9 Å². The summed E-state index contributed by atoms with van der Waals surface area (Å²) >= 11 is 0. The van der Waals surface area contributed by atoms with Crippen LogP contribution in [0.15, 0.2) is 96.6 Å². The number of hydrogen-bond acceptors (Lipinski definition) is 2. The summed E-state index contributed by atoms with van der Waals surface area (Å²) in [5, 5.41) is 2.58. The number of allylic oxidation sites excluding steroid dienone is 1. The van der Waals surface area contributed by atoms with Gasteiger partial charge in [-0.3, -0.25) is 4.79 Å². The molecule has 0 N–H and O–H groups in total. The van der Waals surface area contributed by atoms with Crippen LogP contribution in [0.25, 0.3) is 5.57 Å². The fourth-order valence-electron chi connectivity index (χ4n) is 5.02. The first-order chi connectivity index (χ1) is 14.2. The second kappa shape index (κ2) is 7.25. The lowest BCUT2D eigenvalue weighted by Gasteiger charge is -2.40. The highest BCUT2D eigenvalue weighted by Crippen LogP contribution is 2.46. The van der Waals surface area contributed by atoms with Gasteiger partial charge in [0.25, 0.3) is 8.32 Å². The maximum Gasteiger partial charge on any atom is 0.256 e. The Labute approximate surface area is 173 Å². The van der Waals surface area contributed by atoms with Crippen molar-refractivity contribution >= 4 is 30.0 Å². The van der Waals surface area contributed by atoms with Gasteiger partial charge in [-0.1, -0.05) is 97.9 Å². The third kappa shape index (κ3) is 2.93. The SMILES string of the molecule is C[C@@H]1C(=O)C(c2ccccc2)=C2CO[Si](c3ccccc3)(c3ccccc3)C[C@H]21. The van der Waals surface area contributed by atoms with Crippen LogP contribution in [-0.4, -0.2) is 20.7 Å². The number of hydrogen-bond donors (Lipinski definition) is 0. The second-order valence-corrected chi connectivity index (χ2v) is 11.6. The molecule has 1 heterocycles. The predicted octanol–water partition coefficient (Wildman–Crippen LogP) is 4.07. The third-order valence-electron chi connectivity index (χ3n) is 6.56. The minimum Gasteiger partial charge on any atom is -0.404 e. The summed E-state index contributed by atoms with van der Waals surface area (Å²) in [5.41, 5.74) is 3.12. The smallest absolute Gasteiger partial charge is 0.256 e. The third-order valence-corrected chi connectivity index (χ3v) is 10.7. The van der Waals surface area contributed by atoms with Crippen molar-refractivity contribution in [2.45, 2.75) is 13.0 Å². The van der Waals surface area contributed by atoms with E-state index in [2.05, 4.69) is 67.6 Å². The Morgan fingerprint density at radius 1 is 0.793 bits per heavy atom. The summed E-state index contributed by atoms with van der Waals surface area (Å²) in [6.07, 6.45) is 0. The zero-order chi connectivity index (χ0) is 19.8. The maximum absolute atomic E-state index is 13.3. The van der Waals surface area contributed by atoms with Gasteiger partial charge in [0.15, 0.2) is 5.78 Å². The molecule has 144 valence electrons. The number of rotatable bonds is 3. The van der Waals surface area contributed by atoms with Crippen molar-refractivity contribution in [1.82, 2.24) is 0 Å². The number of Topliss-reactive ketones (excluding diaryl/α,β-unsaturated/α-hetero) is 1. The van der Waals surface area contributed by atoms with Crippen molar-refractivity contribution in [1.29, 1.82) is 0 Å². The van der Waals surface area contributed by atoms with E-state index >= 15 is 0 Å². The van der Waals surface area contributed by atoms with E-state index in [0.717, 1.165) is 17.2 Å². The molecule has 0 unspecified atom stereocenters. The lowest BCUT2D eigenvalue weighted by Crippen LogP contribution is -2.64. The van der Waals surface area contributed by atoms with Gasteiger partial charge in [0.2, 0.25) is 0 Å². The van der Waals surface area contributed by atoms with Gasteiger partial charge in [-0.15, -0.1) is 0 Å². The average molecular weight is 397 g/mol. The van der Waals surface area contributed by atoms with Crippen molar-refractivity contribution in [2.24, 2.45) is 11.8 Å². The molecule has 3 aromatic carbocycles. The number of ketones is 1. The second-order valence-electron chi connectivity index (χ2n) is 8.08.